The summed E-state index contributed by atoms with van der Waals surface area (Å²) in [7, 11) is 1.54. The second kappa shape index (κ2) is 10.4. The number of hydrogen-bond acceptors (Lipinski definition) is 9. The van der Waals surface area contributed by atoms with Gasteiger partial charge in [0.15, 0.2) is 0 Å². The number of amides is 3. The van der Waals surface area contributed by atoms with Crippen molar-refractivity contribution in [3.8, 4) is 5.88 Å². The third-order valence-corrected chi connectivity index (χ3v) is 6.69. The Kier molecular flexibility index (Phi) is 6.93. The minimum Gasteiger partial charge on any atom is -0.481 e. The lowest BCUT2D eigenvalue weighted by Gasteiger charge is -2.33. The molecular formula is C23H25N7O4S. The average Bonchev–Trinajstić information content (AvgIpc) is 2.88. The number of anilines is 2. The van der Waals surface area contributed by atoms with E-state index in [0.717, 1.165) is 10.6 Å². The van der Waals surface area contributed by atoms with E-state index in [-0.39, 0.29) is 18.0 Å². The fourth-order valence-corrected chi connectivity index (χ4v) is 4.66. The maximum atomic E-state index is 13.0. The largest absolute Gasteiger partial charge is 0.481 e. The summed E-state index contributed by atoms with van der Waals surface area (Å²) < 4.78 is 11.1. The van der Waals surface area contributed by atoms with Crippen molar-refractivity contribution in [2.75, 3.05) is 49.7 Å². The summed E-state index contributed by atoms with van der Waals surface area (Å²) in [6.07, 6.45) is 1.48. The zero-order chi connectivity index (χ0) is 24.2. The lowest BCUT2D eigenvalue weighted by atomic mass is 10.2. The number of hydrogen-bond donors (Lipinski definition) is 3. The molecule has 0 spiro atoms. The molecule has 3 N–H and O–H groups in total. The van der Waals surface area contributed by atoms with Gasteiger partial charge >= 0.3 is 6.03 Å². The summed E-state index contributed by atoms with van der Waals surface area (Å²) in [4.78, 5) is 40.5. The molecule has 35 heavy (non-hydrogen) atoms. The van der Waals surface area contributed by atoms with E-state index in [1.807, 2.05) is 12.1 Å². The van der Waals surface area contributed by atoms with Crippen LogP contribution in [0.2, 0.25) is 0 Å². The minimum atomic E-state index is -0.222. The molecule has 1 atom stereocenters. The van der Waals surface area contributed by atoms with Crippen molar-refractivity contribution in [2.45, 2.75) is 17.5 Å². The molecule has 0 saturated carbocycles. The summed E-state index contributed by atoms with van der Waals surface area (Å²) in [5, 5.41) is 9.09. The van der Waals surface area contributed by atoms with E-state index in [2.05, 4.69) is 30.9 Å². The Morgan fingerprint density at radius 2 is 2.20 bits per heavy atom. The van der Waals surface area contributed by atoms with Gasteiger partial charge in [0.1, 0.15) is 11.3 Å². The van der Waals surface area contributed by atoms with Gasteiger partial charge in [-0.1, -0.05) is 0 Å². The highest BCUT2D eigenvalue weighted by molar-refractivity contribution is 8.00. The molecule has 3 amide bonds. The quantitative estimate of drug-likeness (QED) is 0.470. The molecule has 1 saturated heterocycles. The van der Waals surface area contributed by atoms with Crippen LogP contribution in [0.3, 0.4) is 0 Å². The van der Waals surface area contributed by atoms with E-state index in [0.29, 0.717) is 67.0 Å². The predicted octanol–water partition coefficient (Wildman–Crippen LogP) is 2.10. The first-order chi connectivity index (χ1) is 17.1. The van der Waals surface area contributed by atoms with Crippen molar-refractivity contribution < 1.29 is 19.1 Å². The van der Waals surface area contributed by atoms with Crippen molar-refractivity contribution in [3.63, 3.8) is 0 Å². The Labute approximate surface area is 206 Å². The number of pyridine rings is 3. The first kappa shape index (κ1) is 23.3. The maximum absolute atomic E-state index is 13.0. The Balaban J connectivity index is 1.16. The number of carbonyl (C=O) groups is 2. The predicted molar refractivity (Wildman–Crippen MR) is 132 cm³/mol. The molecule has 0 radical (unpaired) electrons. The van der Waals surface area contributed by atoms with Crippen LogP contribution < -0.4 is 20.7 Å². The highest BCUT2D eigenvalue weighted by atomic mass is 32.2. The van der Waals surface area contributed by atoms with Crippen LogP contribution in [0.1, 0.15) is 5.69 Å². The Hall–Kier alpha value is -3.48. The monoisotopic (exact) mass is 495 g/mol. The summed E-state index contributed by atoms with van der Waals surface area (Å²) in [5.74, 6) is 1.44. The molecular weight excluding hydrogens is 470 g/mol. The highest BCUT2D eigenvalue weighted by Gasteiger charge is 2.25. The van der Waals surface area contributed by atoms with Crippen molar-refractivity contribution in [3.05, 3.63) is 42.2 Å². The fraction of sp³-hybridized carbons (Fsp3) is 0.348. The lowest BCUT2D eigenvalue weighted by molar-refractivity contribution is -0.113. The van der Waals surface area contributed by atoms with Crippen LogP contribution in [0, 0.1) is 0 Å². The van der Waals surface area contributed by atoms with E-state index >= 15 is 0 Å². The molecule has 182 valence electrons. The van der Waals surface area contributed by atoms with Crippen LogP contribution in [-0.4, -0.2) is 77.0 Å². The number of nitrogens with one attached hydrogen (secondary N) is 3. The van der Waals surface area contributed by atoms with E-state index in [9.17, 15) is 9.59 Å². The van der Waals surface area contributed by atoms with Gasteiger partial charge in [-0.15, -0.1) is 11.8 Å². The maximum Gasteiger partial charge on any atom is 0.322 e. The first-order valence-electron chi connectivity index (χ1n) is 11.2. The molecule has 5 heterocycles. The number of fused-ring (bicyclic) bond motifs is 2. The number of rotatable bonds is 6. The van der Waals surface area contributed by atoms with Gasteiger partial charge in [-0.2, -0.15) is 0 Å². The summed E-state index contributed by atoms with van der Waals surface area (Å²) in [5.41, 5.74) is 2.63. The first-order valence-corrected chi connectivity index (χ1v) is 12.2. The number of carbonyl (C=O) groups excluding carboxylic acids is 2. The number of thioether (sulfide) groups is 1. The van der Waals surface area contributed by atoms with E-state index in [4.69, 9.17) is 9.47 Å². The number of morpholine rings is 1. The van der Waals surface area contributed by atoms with Crippen LogP contribution in [0.25, 0.3) is 11.0 Å². The SMILES string of the molecule is COc1ccc2nccc(NC(=O)N3CCO[C@@H](CNCc4ccc5c(n4)NC(=O)CS5)C3)c2n1. The van der Waals surface area contributed by atoms with Crippen molar-refractivity contribution in [2.24, 2.45) is 0 Å². The molecule has 0 unspecified atom stereocenters. The molecule has 12 heteroatoms. The Morgan fingerprint density at radius 1 is 1.29 bits per heavy atom. The summed E-state index contributed by atoms with van der Waals surface area (Å²) in [6.45, 7) is 2.47. The lowest BCUT2D eigenvalue weighted by Crippen LogP contribution is -2.50. The van der Waals surface area contributed by atoms with Crippen LogP contribution in [0.15, 0.2) is 41.4 Å². The van der Waals surface area contributed by atoms with E-state index in [1.54, 1.807) is 36.4 Å². The molecule has 5 rings (SSSR count). The molecule has 2 aliphatic heterocycles. The normalized spacial score (nSPS) is 17.6. The standard InChI is InChI=1S/C23H25N7O4S/c1-33-20-5-3-16-21(29-20)17(6-7-25-16)27-23(32)30-8-9-34-15(12-30)11-24-10-14-2-4-18-22(26-14)28-19(31)13-35-18/h2-7,15,24H,8-13H2,1H3,(H,25,27,32)(H,26,28,31)/t15-/m0/s1. The molecule has 0 aromatic carbocycles. The average molecular weight is 496 g/mol. The number of methoxy groups -OCH3 is 1. The van der Waals surface area contributed by atoms with Gasteiger partial charge < -0.3 is 30.3 Å². The molecule has 1 fully saturated rings. The van der Waals surface area contributed by atoms with Gasteiger partial charge in [-0.05, 0) is 24.3 Å². The van der Waals surface area contributed by atoms with Crippen molar-refractivity contribution in [1.82, 2.24) is 25.2 Å². The Morgan fingerprint density at radius 3 is 3.09 bits per heavy atom. The van der Waals surface area contributed by atoms with Gasteiger partial charge in [0.25, 0.3) is 0 Å². The highest BCUT2D eigenvalue weighted by Crippen LogP contribution is 2.29. The van der Waals surface area contributed by atoms with E-state index in [1.165, 1.54) is 11.8 Å². The second-order valence-corrected chi connectivity index (χ2v) is 9.08. The molecule has 11 nitrogen and oxygen atoms in total. The summed E-state index contributed by atoms with van der Waals surface area (Å²) >= 11 is 1.49. The van der Waals surface area contributed by atoms with Gasteiger partial charge in [-0.25, -0.2) is 14.8 Å². The molecule has 3 aromatic heterocycles. The van der Waals surface area contributed by atoms with Gasteiger partial charge in [-0.3, -0.25) is 9.78 Å². The van der Waals surface area contributed by atoms with Crippen LogP contribution in [-0.2, 0) is 16.1 Å². The summed E-state index contributed by atoms with van der Waals surface area (Å²) in [6, 6.07) is 8.95. The van der Waals surface area contributed by atoms with Crippen LogP contribution in [0.5, 0.6) is 5.88 Å². The molecule has 0 bridgehead atoms. The number of ether oxygens (including phenoxy) is 2. The van der Waals surface area contributed by atoms with Crippen LogP contribution in [0.4, 0.5) is 16.3 Å². The zero-order valence-corrected chi connectivity index (χ0v) is 19.9. The van der Waals surface area contributed by atoms with Gasteiger partial charge in [0.05, 0.1) is 47.4 Å². The number of urea groups is 1. The molecule has 2 aliphatic rings. The third kappa shape index (κ3) is 5.45. The van der Waals surface area contributed by atoms with Crippen molar-refractivity contribution >= 4 is 46.2 Å². The molecule has 0 aliphatic carbocycles. The smallest absolute Gasteiger partial charge is 0.322 e. The minimum absolute atomic E-state index is 0.0382. The van der Waals surface area contributed by atoms with E-state index < -0.39 is 0 Å². The van der Waals surface area contributed by atoms with Gasteiger partial charge in [0, 0.05) is 38.4 Å². The van der Waals surface area contributed by atoms with Crippen molar-refractivity contribution in [1.29, 1.82) is 0 Å². The second-order valence-electron chi connectivity index (χ2n) is 8.07. The Bertz CT molecular complexity index is 1260. The van der Waals surface area contributed by atoms with Gasteiger partial charge in [0.2, 0.25) is 11.8 Å². The third-order valence-electron chi connectivity index (χ3n) is 5.65. The van der Waals surface area contributed by atoms with Crippen LogP contribution >= 0.6 is 11.8 Å². The number of nitrogens with zero attached hydrogens (tertiary/aromatic N) is 4. The number of aromatic nitrogens is 3. The topological polar surface area (TPSA) is 131 Å². The zero-order valence-electron chi connectivity index (χ0n) is 19.1. The fourth-order valence-electron chi connectivity index (χ4n) is 3.91. The molecule has 3 aromatic rings.